The number of hydrogen-bond donors (Lipinski definition) is 0. The van der Waals surface area contributed by atoms with E-state index in [-0.39, 0.29) is 11.5 Å². The van der Waals surface area contributed by atoms with Crippen LogP contribution in [-0.2, 0) is 0 Å². The summed E-state index contributed by atoms with van der Waals surface area (Å²) in [6.07, 6.45) is 26.3. The van der Waals surface area contributed by atoms with Crippen LogP contribution in [0.1, 0.15) is 136 Å². The predicted octanol–water partition coefficient (Wildman–Crippen LogP) is 16.4. The Morgan fingerprint density at radius 1 is 0.413 bits per heavy atom. The number of benzene rings is 5. The van der Waals surface area contributed by atoms with E-state index in [4.69, 9.17) is 18.9 Å². The summed E-state index contributed by atoms with van der Waals surface area (Å²) in [6, 6.07) is 35.5. The van der Waals surface area contributed by atoms with Crippen molar-refractivity contribution < 1.29 is 28.5 Å². The summed E-state index contributed by atoms with van der Waals surface area (Å²) in [6.45, 7) is 9.01. The van der Waals surface area contributed by atoms with E-state index in [0.29, 0.717) is 15.6 Å². The zero-order valence-electron chi connectivity index (χ0n) is 37.0. The van der Waals surface area contributed by atoms with Gasteiger partial charge in [0, 0.05) is 6.07 Å². The second-order valence-corrected chi connectivity index (χ2v) is 16.9. The topological polar surface area (TPSA) is 71.1 Å². The first-order chi connectivity index (χ1) is 30.9. The van der Waals surface area contributed by atoms with Gasteiger partial charge in [0.25, 0.3) is 0 Å². The number of halogens is 1. The van der Waals surface area contributed by atoms with Crippen LogP contribution < -0.4 is 18.9 Å². The van der Waals surface area contributed by atoms with Crippen LogP contribution in [0.3, 0.4) is 0 Å². The lowest BCUT2D eigenvalue weighted by atomic mass is 10.0. The monoisotopic (exact) mass is 912 g/mol. The van der Waals surface area contributed by atoms with Crippen molar-refractivity contribution >= 4 is 27.9 Å². The van der Waals surface area contributed by atoms with E-state index in [2.05, 4.69) is 29.1 Å². The molecule has 0 saturated heterocycles. The van der Waals surface area contributed by atoms with Crippen LogP contribution in [0.15, 0.2) is 145 Å². The molecular weight excluding hydrogens is 849 g/mol. The molecular formula is C56H65BrO6. The van der Waals surface area contributed by atoms with E-state index in [0.717, 1.165) is 72.6 Å². The van der Waals surface area contributed by atoms with Crippen LogP contribution in [0.25, 0.3) is 22.3 Å². The normalized spacial score (nSPS) is 10.9. The summed E-state index contributed by atoms with van der Waals surface area (Å²) in [4.78, 5) is 26.3. The molecule has 0 aliphatic carbocycles. The number of rotatable bonds is 30. The number of allylic oxidation sites excluding steroid dienone is 2. The van der Waals surface area contributed by atoms with Crippen LogP contribution >= 0.6 is 15.9 Å². The molecule has 0 amide bonds. The Hall–Kier alpha value is -5.40. The Morgan fingerprint density at radius 3 is 1.14 bits per heavy atom. The largest absolute Gasteiger partial charge is 0.494 e. The number of unbranched alkanes of at least 4 members (excludes halogenated alkanes) is 16. The third kappa shape index (κ3) is 17.7. The molecule has 0 aliphatic heterocycles. The van der Waals surface area contributed by atoms with Crippen LogP contribution in [-0.4, -0.2) is 25.2 Å². The van der Waals surface area contributed by atoms with E-state index in [9.17, 15) is 9.59 Å². The minimum absolute atomic E-state index is 0.240. The van der Waals surface area contributed by atoms with Crippen molar-refractivity contribution in [1.82, 2.24) is 0 Å². The van der Waals surface area contributed by atoms with Crippen molar-refractivity contribution in [3.05, 3.63) is 156 Å². The van der Waals surface area contributed by atoms with Crippen molar-refractivity contribution in [3.63, 3.8) is 0 Å². The highest BCUT2D eigenvalue weighted by molar-refractivity contribution is 9.10. The fourth-order valence-electron chi connectivity index (χ4n) is 7.32. The summed E-state index contributed by atoms with van der Waals surface area (Å²) in [7, 11) is 0. The molecule has 6 nitrogen and oxygen atoms in total. The van der Waals surface area contributed by atoms with Gasteiger partial charge in [0.15, 0.2) is 0 Å². The molecule has 0 N–H and O–H groups in total. The van der Waals surface area contributed by atoms with Gasteiger partial charge in [0.1, 0.15) is 23.0 Å². The van der Waals surface area contributed by atoms with Gasteiger partial charge in [-0.15, -0.1) is 13.2 Å². The Kier molecular flexibility index (Phi) is 21.9. The average Bonchev–Trinajstić information content (AvgIpc) is 3.31. The molecule has 0 radical (unpaired) electrons. The maximum atomic E-state index is 13.2. The summed E-state index contributed by atoms with van der Waals surface area (Å²) in [5, 5.41) is 0. The third-order valence-corrected chi connectivity index (χ3v) is 11.7. The molecule has 0 aliphatic rings. The molecule has 0 bridgehead atoms. The highest BCUT2D eigenvalue weighted by Crippen LogP contribution is 2.32. The van der Waals surface area contributed by atoms with E-state index < -0.39 is 11.9 Å². The van der Waals surface area contributed by atoms with Gasteiger partial charge in [-0.25, -0.2) is 9.59 Å². The highest BCUT2D eigenvalue weighted by Gasteiger charge is 2.15. The average molecular weight is 914 g/mol. The lowest BCUT2D eigenvalue weighted by Gasteiger charge is -2.11. The minimum atomic E-state index is -0.528. The number of ether oxygens (including phenoxy) is 4. The van der Waals surface area contributed by atoms with Gasteiger partial charge in [0.05, 0.1) is 28.8 Å². The first kappa shape index (κ1) is 48.6. The predicted molar refractivity (Wildman–Crippen MR) is 262 cm³/mol. The molecule has 0 spiro atoms. The van der Waals surface area contributed by atoms with Gasteiger partial charge in [-0.1, -0.05) is 138 Å². The Morgan fingerprint density at radius 2 is 0.746 bits per heavy atom. The molecule has 0 saturated carbocycles. The standard InChI is InChI=1S/C56H65BrO6/c1-3-5-7-9-11-13-15-17-19-21-41-60-50-35-31-46(32-36-50)44-23-27-48(28-24-44)55(58)62-52-39-40-53(57)54(43-52)63-56(59)49-29-25-45(26-30-49)47-33-37-51(38-34-47)61-42-22-20-18-16-14-12-10-8-6-4-2/h3-4,23-40,43H,1-2,5-22,41-42H2. The van der Waals surface area contributed by atoms with Crippen molar-refractivity contribution in [3.8, 4) is 45.3 Å². The molecule has 5 aromatic rings. The number of hydrogen-bond acceptors (Lipinski definition) is 6. The molecule has 0 unspecified atom stereocenters. The van der Waals surface area contributed by atoms with Crippen LogP contribution in [0, 0.1) is 0 Å². The maximum Gasteiger partial charge on any atom is 0.343 e. The molecule has 0 fully saturated rings. The first-order valence-electron chi connectivity index (χ1n) is 23.1. The van der Waals surface area contributed by atoms with Gasteiger partial charge in [-0.05, 0) is 137 Å². The Bertz CT molecular complexity index is 2110. The first-order valence-corrected chi connectivity index (χ1v) is 23.8. The summed E-state index contributed by atoms with van der Waals surface area (Å²) < 4.78 is 23.9. The molecule has 0 atom stereocenters. The van der Waals surface area contributed by atoms with Crippen molar-refractivity contribution in [2.75, 3.05) is 13.2 Å². The SMILES string of the molecule is C=CCCCCCCCCCCOc1ccc(-c2ccc(C(=O)Oc3ccc(Br)c(OC(=O)c4ccc(-c5ccc(OCCCCCCCCCCC=C)cc5)cc4)c3)cc2)cc1. The van der Waals surface area contributed by atoms with E-state index >= 15 is 0 Å². The fourth-order valence-corrected chi connectivity index (χ4v) is 7.65. The number of carbonyl (C=O) groups is 2. The number of esters is 2. The zero-order chi connectivity index (χ0) is 44.3. The van der Waals surface area contributed by atoms with Crippen molar-refractivity contribution in [2.24, 2.45) is 0 Å². The third-order valence-electron chi connectivity index (χ3n) is 11.1. The fraction of sp³-hybridized carbons (Fsp3) is 0.357. The van der Waals surface area contributed by atoms with Crippen molar-refractivity contribution in [1.29, 1.82) is 0 Å². The van der Waals surface area contributed by atoms with E-state index in [1.807, 2.05) is 84.9 Å². The maximum absolute atomic E-state index is 13.2. The molecule has 5 rings (SSSR count). The van der Waals surface area contributed by atoms with Gasteiger partial charge in [-0.2, -0.15) is 0 Å². The lowest BCUT2D eigenvalue weighted by Crippen LogP contribution is -2.10. The van der Waals surface area contributed by atoms with Crippen LogP contribution in [0.4, 0.5) is 0 Å². The molecule has 0 aromatic heterocycles. The quantitative estimate of drug-likeness (QED) is 0.0198. The van der Waals surface area contributed by atoms with Gasteiger partial charge < -0.3 is 18.9 Å². The molecule has 332 valence electrons. The van der Waals surface area contributed by atoms with Crippen LogP contribution in [0.5, 0.6) is 23.0 Å². The van der Waals surface area contributed by atoms with E-state index in [1.165, 1.54) is 96.0 Å². The van der Waals surface area contributed by atoms with E-state index in [1.54, 1.807) is 36.4 Å². The summed E-state index contributed by atoms with van der Waals surface area (Å²) >= 11 is 3.46. The molecule has 63 heavy (non-hydrogen) atoms. The summed E-state index contributed by atoms with van der Waals surface area (Å²) in [5.41, 5.74) is 4.79. The Balaban J connectivity index is 1.01. The second kappa shape index (κ2) is 28.3. The smallest absolute Gasteiger partial charge is 0.343 e. The number of carbonyl (C=O) groups excluding carboxylic acids is 2. The minimum Gasteiger partial charge on any atom is -0.494 e. The summed E-state index contributed by atoms with van der Waals surface area (Å²) in [5.74, 6) is 1.16. The molecule has 5 aromatic carbocycles. The molecule has 7 heteroatoms. The molecule has 0 heterocycles. The van der Waals surface area contributed by atoms with Crippen molar-refractivity contribution in [2.45, 2.75) is 116 Å². The Labute approximate surface area is 384 Å². The zero-order valence-corrected chi connectivity index (χ0v) is 38.6. The highest BCUT2D eigenvalue weighted by atomic mass is 79.9. The van der Waals surface area contributed by atoms with Crippen LogP contribution in [0.2, 0.25) is 0 Å². The van der Waals surface area contributed by atoms with Gasteiger partial charge in [0.2, 0.25) is 0 Å². The van der Waals surface area contributed by atoms with Gasteiger partial charge in [-0.3, -0.25) is 0 Å². The lowest BCUT2D eigenvalue weighted by molar-refractivity contribution is 0.0732. The van der Waals surface area contributed by atoms with Gasteiger partial charge >= 0.3 is 11.9 Å². The second-order valence-electron chi connectivity index (χ2n) is 16.1.